The molecule has 0 atom stereocenters. The molecule has 0 radical (unpaired) electrons. The molecule has 0 aromatic heterocycles. The van der Waals surface area contributed by atoms with E-state index in [-0.39, 0.29) is 5.91 Å². The minimum absolute atomic E-state index is 0.261. The number of para-hydroxylation sites is 1. The van der Waals surface area contributed by atoms with Crippen LogP contribution in [0.5, 0.6) is 0 Å². The largest absolute Gasteiger partial charge is 0.385 e. The van der Waals surface area contributed by atoms with Crippen LogP contribution in [0.3, 0.4) is 0 Å². The van der Waals surface area contributed by atoms with Crippen LogP contribution in [-0.2, 0) is 13.0 Å². The highest BCUT2D eigenvalue weighted by atomic mass is 19.1. The van der Waals surface area contributed by atoms with Gasteiger partial charge in [0.2, 0.25) is 0 Å². The van der Waals surface area contributed by atoms with Crippen LogP contribution in [0.4, 0.5) is 10.1 Å². The van der Waals surface area contributed by atoms with Gasteiger partial charge in [-0.2, -0.15) is 0 Å². The minimum atomic E-state index is -0.401. The molecule has 0 saturated carbocycles. The Morgan fingerprint density at radius 2 is 2.10 bits per heavy atom. The Bertz CT molecular complexity index is 670. The normalized spacial score (nSPS) is 13.2. The highest BCUT2D eigenvalue weighted by Crippen LogP contribution is 2.25. The monoisotopic (exact) mass is 284 g/mol. The Kier molecular flexibility index (Phi) is 3.86. The molecule has 2 aromatic carbocycles. The first-order valence-corrected chi connectivity index (χ1v) is 7.12. The van der Waals surface area contributed by atoms with Crippen molar-refractivity contribution in [2.45, 2.75) is 19.4 Å². The summed E-state index contributed by atoms with van der Waals surface area (Å²) in [4.78, 5) is 12.0. The van der Waals surface area contributed by atoms with E-state index in [1.165, 1.54) is 23.8 Å². The molecular weight excluding hydrogens is 267 g/mol. The van der Waals surface area contributed by atoms with Gasteiger partial charge in [0.15, 0.2) is 0 Å². The Balaban J connectivity index is 1.72. The zero-order valence-electron chi connectivity index (χ0n) is 11.7. The van der Waals surface area contributed by atoms with Gasteiger partial charge in [0.1, 0.15) is 5.82 Å². The quantitative estimate of drug-likeness (QED) is 0.909. The van der Waals surface area contributed by atoms with Crippen LogP contribution < -0.4 is 10.6 Å². The Morgan fingerprint density at radius 3 is 2.95 bits per heavy atom. The summed E-state index contributed by atoms with van der Waals surface area (Å²) in [5, 5.41) is 6.24. The van der Waals surface area contributed by atoms with Crippen molar-refractivity contribution >= 4 is 11.6 Å². The number of anilines is 1. The maximum atomic E-state index is 13.1. The van der Waals surface area contributed by atoms with Crippen LogP contribution in [0.2, 0.25) is 0 Å². The van der Waals surface area contributed by atoms with Crippen LogP contribution in [0, 0.1) is 5.82 Å². The van der Waals surface area contributed by atoms with Gasteiger partial charge in [0.05, 0.1) is 0 Å². The first kappa shape index (κ1) is 13.6. The Hall–Kier alpha value is -2.36. The fourth-order valence-electron chi connectivity index (χ4n) is 2.64. The number of aryl methyl sites for hydroxylation is 1. The predicted octanol–water partition coefficient (Wildman–Crippen LogP) is 3.11. The summed E-state index contributed by atoms with van der Waals surface area (Å²) < 4.78 is 13.1. The van der Waals surface area contributed by atoms with Gasteiger partial charge in [-0.1, -0.05) is 24.3 Å². The molecule has 3 nitrogen and oxygen atoms in total. The Labute approximate surface area is 123 Å². The molecule has 0 aliphatic carbocycles. The zero-order chi connectivity index (χ0) is 14.7. The number of amides is 1. The second-order valence-electron chi connectivity index (χ2n) is 5.17. The van der Waals surface area contributed by atoms with Crippen LogP contribution in [0.15, 0.2) is 42.5 Å². The van der Waals surface area contributed by atoms with E-state index in [9.17, 15) is 9.18 Å². The highest BCUT2D eigenvalue weighted by Gasteiger charge is 2.13. The van der Waals surface area contributed by atoms with E-state index in [1.54, 1.807) is 6.07 Å². The molecule has 0 spiro atoms. The van der Waals surface area contributed by atoms with Crippen molar-refractivity contribution in [3.8, 4) is 0 Å². The standard InChI is InChI=1S/C17H17FN2O/c18-15-8-2-5-13(10-15)17(21)20-11-14-6-1-4-12-7-3-9-19-16(12)14/h1-2,4-6,8,10,19H,3,7,9,11H2,(H,20,21). The lowest BCUT2D eigenvalue weighted by Gasteiger charge is -2.21. The fourth-order valence-corrected chi connectivity index (χ4v) is 2.64. The lowest BCUT2D eigenvalue weighted by atomic mass is 9.99. The van der Waals surface area contributed by atoms with Crippen LogP contribution in [0.25, 0.3) is 0 Å². The summed E-state index contributed by atoms with van der Waals surface area (Å²) in [5.74, 6) is -0.663. The number of nitrogens with one attached hydrogen (secondary N) is 2. The van der Waals surface area contributed by atoms with E-state index < -0.39 is 5.82 Å². The second-order valence-corrected chi connectivity index (χ2v) is 5.17. The average Bonchev–Trinajstić information content (AvgIpc) is 2.52. The van der Waals surface area contributed by atoms with Gasteiger partial charge in [-0.25, -0.2) is 4.39 Å². The molecule has 2 aromatic rings. The maximum absolute atomic E-state index is 13.1. The first-order chi connectivity index (χ1) is 10.2. The highest BCUT2D eigenvalue weighted by molar-refractivity contribution is 5.94. The van der Waals surface area contributed by atoms with Crippen molar-refractivity contribution in [3.05, 3.63) is 65.0 Å². The van der Waals surface area contributed by atoms with Gasteiger partial charge >= 0.3 is 0 Å². The van der Waals surface area contributed by atoms with Gasteiger partial charge in [-0.3, -0.25) is 4.79 Å². The number of carbonyl (C=O) groups is 1. The lowest BCUT2D eigenvalue weighted by molar-refractivity contribution is 0.0950. The molecular formula is C17H17FN2O. The number of hydrogen-bond acceptors (Lipinski definition) is 2. The molecule has 1 amide bonds. The van der Waals surface area contributed by atoms with Crippen molar-refractivity contribution in [3.63, 3.8) is 0 Å². The van der Waals surface area contributed by atoms with E-state index in [0.717, 1.165) is 30.6 Å². The number of carbonyl (C=O) groups excluding carboxylic acids is 1. The lowest BCUT2D eigenvalue weighted by Crippen LogP contribution is -2.24. The Morgan fingerprint density at radius 1 is 1.24 bits per heavy atom. The molecule has 1 aliphatic heterocycles. The molecule has 108 valence electrons. The zero-order valence-corrected chi connectivity index (χ0v) is 11.7. The summed E-state index contributed by atoms with van der Waals surface area (Å²) in [6, 6.07) is 11.8. The summed E-state index contributed by atoms with van der Waals surface area (Å²) in [5.41, 5.74) is 3.83. The third kappa shape index (κ3) is 3.05. The van der Waals surface area contributed by atoms with E-state index in [4.69, 9.17) is 0 Å². The van der Waals surface area contributed by atoms with Crippen molar-refractivity contribution < 1.29 is 9.18 Å². The van der Waals surface area contributed by atoms with Gasteiger partial charge in [-0.15, -0.1) is 0 Å². The van der Waals surface area contributed by atoms with Crippen molar-refractivity contribution in [2.24, 2.45) is 0 Å². The van der Waals surface area contributed by atoms with Gasteiger partial charge in [-0.05, 0) is 42.2 Å². The molecule has 0 fully saturated rings. The molecule has 0 saturated heterocycles. The number of rotatable bonds is 3. The van der Waals surface area contributed by atoms with Gasteiger partial charge in [0.25, 0.3) is 5.91 Å². The van der Waals surface area contributed by atoms with E-state index >= 15 is 0 Å². The molecule has 21 heavy (non-hydrogen) atoms. The van der Waals surface area contributed by atoms with E-state index in [2.05, 4.69) is 16.7 Å². The number of halogens is 1. The maximum Gasteiger partial charge on any atom is 0.251 e. The average molecular weight is 284 g/mol. The van der Waals surface area contributed by atoms with Crippen LogP contribution in [0.1, 0.15) is 27.9 Å². The number of fused-ring (bicyclic) bond motifs is 1. The summed E-state index contributed by atoms with van der Waals surface area (Å²) in [6.45, 7) is 1.40. The SMILES string of the molecule is O=C(NCc1cccc2c1NCCC2)c1cccc(F)c1. The van der Waals surface area contributed by atoms with Crippen LogP contribution >= 0.6 is 0 Å². The molecule has 2 N–H and O–H groups in total. The summed E-state index contributed by atoms with van der Waals surface area (Å²) >= 11 is 0. The molecule has 1 heterocycles. The van der Waals surface area contributed by atoms with Crippen LogP contribution in [-0.4, -0.2) is 12.5 Å². The van der Waals surface area contributed by atoms with E-state index in [0.29, 0.717) is 12.1 Å². The van der Waals surface area contributed by atoms with E-state index in [1.807, 2.05) is 12.1 Å². The molecule has 3 rings (SSSR count). The summed E-state index contributed by atoms with van der Waals surface area (Å²) in [7, 11) is 0. The smallest absolute Gasteiger partial charge is 0.251 e. The third-order valence-electron chi connectivity index (χ3n) is 3.69. The van der Waals surface area contributed by atoms with Crippen molar-refractivity contribution in [1.82, 2.24) is 5.32 Å². The topological polar surface area (TPSA) is 41.1 Å². The third-order valence-corrected chi connectivity index (χ3v) is 3.69. The number of benzene rings is 2. The molecule has 0 bridgehead atoms. The molecule has 1 aliphatic rings. The second kappa shape index (κ2) is 5.95. The van der Waals surface area contributed by atoms with Crippen molar-refractivity contribution in [2.75, 3.05) is 11.9 Å². The minimum Gasteiger partial charge on any atom is -0.385 e. The predicted molar refractivity (Wildman–Crippen MR) is 80.8 cm³/mol. The fraction of sp³-hybridized carbons (Fsp3) is 0.235. The molecule has 0 unspecified atom stereocenters. The molecule has 4 heteroatoms. The first-order valence-electron chi connectivity index (χ1n) is 7.12. The summed E-state index contributed by atoms with van der Waals surface area (Å²) in [6.07, 6.45) is 2.19. The number of hydrogen-bond donors (Lipinski definition) is 2. The van der Waals surface area contributed by atoms with Gasteiger partial charge in [0, 0.05) is 24.3 Å². The van der Waals surface area contributed by atoms with Gasteiger partial charge < -0.3 is 10.6 Å². The van der Waals surface area contributed by atoms with Crippen molar-refractivity contribution in [1.29, 1.82) is 0 Å².